The molecule has 178 valence electrons. The summed E-state index contributed by atoms with van der Waals surface area (Å²) < 4.78 is 20.5. The molecule has 0 radical (unpaired) electrons. The fraction of sp³-hybridized carbons (Fsp3) is 0.269. The molecule has 1 aromatic carbocycles. The van der Waals surface area contributed by atoms with Gasteiger partial charge in [0.2, 0.25) is 0 Å². The molecule has 3 aromatic heterocycles. The molecule has 7 nitrogen and oxygen atoms in total. The molecule has 5 heterocycles. The van der Waals surface area contributed by atoms with Crippen LogP contribution in [0, 0.1) is 5.82 Å². The van der Waals surface area contributed by atoms with Gasteiger partial charge in [0.1, 0.15) is 11.6 Å². The number of morpholine rings is 1. The number of nitrogen functional groups attached to an aromatic ring is 1. The number of aromatic nitrogens is 3. The number of benzene rings is 1. The van der Waals surface area contributed by atoms with Crippen LogP contribution in [0.2, 0.25) is 5.02 Å². The molecule has 2 aliphatic heterocycles. The summed E-state index contributed by atoms with van der Waals surface area (Å²) in [7, 11) is 0. The van der Waals surface area contributed by atoms with Crippen molar-refractivity contribution in [3.8, 4) is 22.3 Å². The van der Waals surface area contributed by atoms with Gasteiger partial charge in [-0.3, -0.25) is 0 Å². The van der Waals surface area contributed by atoms with Crippen LogP contribution in [-0.4, -0.2) is 53.3 Å². The summed E-state index contributed by atoms with van der Waals surface area (Å²) in [6, 6.07) is 10.7. The van der Waals surface area contributed by atoms with E-state index < -0.39 is 5.82 Å². The van der Waals surface area contributed by atoms with Crippen molar-refractivity contribution in [1.82, 2.24) is 20.3 Å². The van der Waals surface area contributed by atoms with Crippen LogP contribution in [0.15, 0.2) is 55.0 Å². The molecule has 0 spiro atoms. The van der Waals surface area contributed by atoms with E-state index in [1.807, 2.05) is 18.2 Å². The molecule has 0 aliphatic carbocycles. The Morgan fingerprint density at radius 2 is 1.97 bits per heavy atom. The first-order valence-electron chi connectivity index (χ1n) is 11.6. The van der Waals surface area contributed by atoms with Gasteiger partial charge < -0.3 is 20.7 Å². The number of nitrogens with one attached hydrogen (secondary N) is 1. The Morgan fingerprint density at radius 3 is 2.83 bits per heavy atom. The maximum atomic E-state index is 14.4. The number of rotatable bonds is 3. The summed E-state index contributed by atoms with van der Waals surface area (Å²) in [5.41, 5.74) is 10.8. The van der Waals surface area contributed by atoms with Crippen molar-refractivity contribution in [1.29, 1.82) is 0 Å². The molecule has 6 rings (SSSR count). The molecule has 3 N–H and O–H groups in total. The van der Waals surface area contributed by atoms with Crippen molar-refractivity contribution < 1.29 is 9.13 Å². The maximum Gasteiger partial charge on any atom is 0.161 e. The molecule has 0 amide bonds. The highest BCUT2D eigenvalue weighted by molar-refractivity contribution is 6.31. The van der Waals surface area contributed by atoms with Crippen LogP contribution in [0.5, 0.6) is 0 Å². The Kier molecular flexibility index (Phi) is 5.72. The third kappa shape index (κ3) is 4.18. The van der Waals surface area contributed by atoms with E-state index >= 15 is 0 Å². The Morgan fingerprint density at radius 1 is 1.09 bits per heavy atom. The standard InChI is InChI=1S/C26H24ClFN6O/c27-17-8-15(9-18(28)11-17)21-13-33-26-20(10-16(12-32-26)19-2-1-4-31-25(19)29)24(21)34-6-3-22-23(14-34)35-7-5-30-22/h1-2,4,8-13,22-23,30H,3,5-7,14H2,(H2,29,31)/t22-,23-/m0/s1. The average Bonchev–Trinajstić information content (AvgIpc) is 2.87. The SMILES string of the molecule is Nc1ncccc1-c1cnc2ncc(-c3cc(F)cc(Cl)c3)c(N3CC[C@@H]4NCCO[C@H]4C3)c2c1. The summed E-state index contributed by atoms with van der Waals surface area (Å²) >= 11 is 6.23. The molecule has 0 saturated carbocycles. The van der Waals surface area contributed by atoms with Gasteiger partial charge in [0.15, 0.2) is 5.65 Å². The number of halogens is 2. The first kappa shape index (κ1) is 22.2. The first-order chi connectivity index (χ1) is 17.1. The van der Waals surface area contributed by atoms with E-state index in [-0.39, 0.29) is 6.10 Å². The number of hydrogen-bond acceptors (Lipinski definition) is 7. The number of ether oxygens (including phenoxy) is 1. The maximum absolute atomic E-state index is 14.4. The smallest absolute Gasteiger partial charge is 0.161 e. The van der Waals surface area contributed by atoms with Gasteiger partial charge in [-0.1, -0.05) is 11.6 Å². The van der Waals surface area contributed by atoms with Crippen LogP contribution in [0.4, 0.5) is 15.9 Å². The predicted molar refractivity (Wildman–Crippen MR) is 136 cm³/mol. The zero-order chi connectivity index (χ0) is 23.9. The van der Waals surface area contributed by atoms with Crippen molar-refractivity contribution in [2.24, 2.45) is 0 Å². The molecular weight excluding hydrogens is 467 g/mol. The van der Waals surface area contributed by atoms with Crippen molar-refractivity contribution in [2.75, 3.05) is 36.9 Å². The predicted octanol–water partition coefficient (Wildman–Crippen LogP) is 4.30. The monoisotopic (exact) mass is 490 g/mol. The normalized spacial score (nSPS) is 20.1. The van der Waals surface area contributed by atoms with E-state index in [0.717, 1.165) is 47.3 Å². The minimum absolute atomic E-state index is 0.0646. The van der Waals surface area contributed by atoms with Crippen LogP contribution >= 0.6 is 11.6 Å². The highest BCUT2D eigenvalue weighted by atomic mass is 35.5. The van der Waals surface area contributed by atoms with Crippen molar-refractivity contribution in [3.63, 3.8) is 0 Å². The molecule has 2 saturated heterocycles. The third-order valence-electron chi connectivity index (χ3n) is 6.73. The van der Waals surface area contributed by atoms with E-state index in [9.17, 15) is 4.39 Å². The van der Waals surface area contributed by atoms with Crippen molar-refractivity contribution in [2.45, 2.75) is 18.6 Å². The van der Waals surface area contributed by atoms with Crippen LogP contribution in [-0.2, 0) is 4.74 Å². The van der Waals surface area contributed by atoms with E-state index in [4.69, 9.17) is 22.1 Å². The quantitative estimate of drug-likeness (QED) is 0.442. The van der Waals surface area contributed by atoms with E-state index in [1.54, 1.807) is 24.7 Å². The van der Waals surface area contributed by atoms with Gasteiger partial charge in [-0.05, 0) is 48.4 Å². The third-order valence-corrected chi connectivity index (χ3v) is 6.95. The minimum atomic E-state index is -0.396. The van der Waals surface area contributed by atoms with Crippen LogP contribution in [0.3, 0.4) is 0 Å². The molecule has 2 fully saturated rings. The molecule has 0 unspecified atom stereocenters. The zero-order valence-electron chi connectivity index (χ0n) is 18.9. The topological polar surface area (TPSA) is 89.2 Å². The van der Waals surface area contributed by atoms with Gasteiger partial charge in [-0.2, -0.15) is 0 Å². The van der Waals surface area contributed by atoms with Crippen molar-refractivity contribution >= 4 is 34.1 Å². The lowest BCUT2D eigenvalue weighted by molar-refractivity contribution is -0.00896. The van der Waals surface area contributed by atoms with Gasteiger partial charge >= 0.3 is 0 Å². The second-order valence-electron chi connectivity index (χ2n) is 8.91. The van der Waals surface area contributed by atoms with Gasteiger partial charge in [0.05, 0.1) is 18.4 Å². The lowest BCUT2D eigenvalue weighted by Crippen LogP contribution is -2.57. The van der Waals surface area contributed by atoms with Crippen LogP contribution < -0.4 is 16.0 Å². The molecule has 0 bridgehead atoms. The number of nitrogens with zero attached hydrogens (tertiary/aromatic N) is 4. The molecule has 9 heteroatoms. The van der Waals surface area contributed by atoms with Crippen LogP contribution in [0.25, 0.3) is 33.3 Å². The average molecular weight is 491 g/mol. The Hall–Kier alpha value is -3.33. The summed E-state index contributed by atoms with van der Waals surface area (Å²) in [6.07, 6.45) is 6.16. The first-order valence-corrected chi connectivity index (χ1v) is 12.0. The number of piperidine rings is 1. The molecule has 35 heavy (non-hydrogen) atoms. The van der Waals surface area contributed by atoms with E-state index in [1.165, 1.54) is 12.1 Å². The molecule has 2 aliphatic rings. The Bertz CT molecular complexity index is 1400. The zero-order valence-corrected chi connectivity index (χ0v) is 19.7. The van der Waals surface area contributed by atoms with E-state index in [2.05, 4.69) is 25.2 Å². The number of hydrogen-bond donors (Lipinski definition) is 2. The highest BCUT2D eigenvalue weighted by Gasteiger charge is 2.33. The number of pyridine rings is 3. The van der Waals surface area contributed by atoms with Crippen molar-refractivity contribution in [3.05, 3.63) is 65.8 Å². The van der Waals surface area contributed by atoms with Crippen LogP contribution in [0.1, 0.15) is 6.42 Å². The van der Waals surface area contributed by atoms with Gasteiger partial charge in [0.25, 0.3) is 0 Å². The summed E-state index contributed by atoms with van der Waals surface area (Å²) in [6.45, 7) is 3.06. The molecular formula is C26H24ClFN6O. The summed E-state index contributed by atoms with van der Waals surface area (Å²) in [5.74, 6) is 0.0331. The Balaban J connectivity index is 1.55. The fourth-order valence-electron chi connectivity index (χ4n) is 5.11. The van der Waals surface area contributed by atoms with E-state index in [0.29, 0.717) is 41.2 Å². The summed E-state index contributed by atoms with van der Waals surface area (Å²) in [5, 5.41) is 4.75. The molecule has 2 atom stereocenters. The lowest BCUT2D eigenvalue weighted by atomic mass is 9.96. The lowest BCUT2D eigenvalue weighted by Gasteiger charge is -2.43. The number of fused-ring (bicyclic) bond motifs is 2. The highest BCUT2D eigenvalue weighted by Crippen LogP contribution is 2.40. The number of anilines is 2. The second-order valence-corrected chi connectivity index (χ2v) is 9.35. The number of nitrogens with two attached hydrogens (primary N) is 1. The van der Waals surface area contributed by atoms with Gasteiger partial charge in [-0.15, -0.1) is 0 Å². The largest absolute Gasteiger partial charge is 0.383 e. The summed E-state index contributed by atoms with van der Waals surface area (Å²) in [4.78, 5) is 15.8. The Labute approximate surface area is 207 Å². The minimum Gasteiger partial charge on any atom is -0.383 e. The second kappa shape index (κ2) is 9.03. The fourth-order valence-corrected chi connectivity index (χ4v) is 5.34. The van der Waals surface area contributed by atoms with Gasteiger partial charge in [-0.25, -0.2) is 19.3 Å². The molecule has 4 aromatic rings. The van der Waals surface area contributed by atoms with Gasteiger partial charge in [0, 0.05) is 71.4 Å².